The fourth-order valence-corrected chi connectivity index (χ4v) is 1.40. The third-order valence-corrected chi connectivity index (χ3v) is 2.08. The Labute approximate surface area is 79.0 Å². The summed E-state index contributed by atoms with van der Waals surface area (Å²) in [5.41, 5.74) is 0. The normalized spacial score (nSPS) is 22.7. The van der Waals surface area contributed by atoms with E-state index in [1.54, 1.807) is 0 Å². The largest absolute Gasteiger partial charge is 0.367 e. The van der Waals surface area contributed by atoms with Crippen LogP contribution in [-0.4, -0.2) is 38.3 Å². The molecule has 0 radical (unpaired) electrons. The molecule has 1 saturated heterocycles. The topological polar surface area (TPSA) is 50.4 Å². The zero-order chi connectivity index (χ0) is 9.52. The molecule has 1 rings (SSSR count). The molecule has 0 aromatic rings. The number of amides is 1. The lowest BCUT2D eigenvalue weighted by atomic mass is 10.1. The van der Waals surface area contributed by atoms with Crippen molar-refractivity contribution in [3.8, 4) is 0 Å². The first-order chi connectivity index (χ1) is 6.33. The number of hydrogen-bond acceptors (Lipinski definition) is 3. The number of rotatable bonds is 4. The van der Waals surface area contributed by atoms with Gasteiger partial charge in [-0.3, -0.25) is 4.79 Å². The van der Waals surface area contributed by atoms with Gasteiger partial charge in [0, 0.05) is 13.1 Å². The summed E-state index contributed by atoms with van der Waals surface area (Å²) in [6.07, 6.45) is 2.42. The van der Waals surface area contributed by atoms with Crippen molar-refractivity contribution in [2.45, 2.75) is 25.9 Å². The molecule has 1 fully saturated rings. The van der Waals surface area contributed by atoms with Gasteiger partial charge in [0.25, 0.3) is 0 Å². The Bertz CT molecular complexity index is 156. The highest BCUT2D eigenvalue weighted by molar-refractivity contribution is 5.77. The van der Waals surface area contributed by atoms with Crippen molar-refractivity contribution >= 4 is 5.91 Å². The molecule has 0 saturated carbocycles. The highest BCUT2D eigenvalue weighted by Gasteiger charge is 2.14. The molecule has 76 valence electrons. The molecule has 0 aliphatic carbocycles. The maximum absolute atomic E-state index is 11.0. The monoisotopic (exact) mass is 186 g/mol. The predicted octanol–water partition coefficient (Wildman–Crippen LogP) is -0.109. The van der Waals surface area contributed by atoms with Crippen molar-refractivity contribution in [3.63, 3.8) is 0 Å². The second-order valence-electron chi connectivity index (χ2n) is 3.23. The maximum atomic E-state index is 11.0. The lowest BCUT2D eigenvalue weighted by molar-refractivity contribution is -0.127. The summed E-state index contributed by atoms with van der Waals surface area (Å²) in [4.78, 5) is 11.0. The molecule has 0 bridgehead atoms. The van der Waals surface area contributed by atoms with Crippen LogP contribution in [-0.2, 0) is 9.53 Å². The zero-order valence-corrected chi connectivity index (χ0v) is 8.14. The minimum atomic E-state index is -0.0203. The Morgan fingerprint density at radius 2 is 2.54 bits per heavy atom. The number of carbonyl (C=O) groups is 1. The van der Waals surface area contributed by atoms with E-state index in [9.17, 15) is 4.79 Å². The second kappa shape index (κ2) is 5.94. The van der Waals surface area contributed by atoms with E-state index >= 15 is 0 Å². The van der Waals surface area contributed by atoms with Gasteiger partial charge in [-0.25, -0.2) is 0 Å². The number of hydrogen-bond donors (Lipinski definition) is 2. The van der Waals surface area contributed by atoms with Crippen molar-refractivity contribution < 1.29 is 9.53 Å². The fraction of sp³-hybridized carbons (Fsp3) is 0.889. The van der Waals surface area contributed by atoms with E-state index in [2.05, 4.69) is 10.6 Å². The van der Waals surface area contributed by atoms with E-state index in [1.165, 1.54) is 0 Å². The van der Waals surface area contributed by atoms with E-state index in [1.807, 2.05) is 6.92 Å². The van der Waals surface area contributed by atoms with Gasteiger partial charge in [-0.2, -0.15) is 0 Å². The van der Waals surface area contributed by atoms with Gasteiger partial charge in [0.15, 0.2) is 0 Å². The highest BCUT2D eigenvalue weighted by atomic mass is 16.5. The average Bonchev–Trinajstić information content (AvgIpc) is 2.17. The summed E-state index contributed by atoms with van der Waals surface area (Å²) in [6.45, 7) is 4.71. The molecule has 0 spiro atoms. The molecule has 13 heavy (non-hydrogen) atoms. The first-order valence-electron chi connectivity index (χ1n) is 4.92. The number of piperidine rings is 1. The lowest BCUT2D eigenvalue weighted by Gasteiger charge is -2.22. The first-order valence-corrected chi connectivity index (χ1v) is 4.92. The van der Waals surface area contributed by atoms with Crippen molar-refractivity contribution in [2.24, 2.45) is 0 Å². The molecule has 4 heteroatoms. The van der Waals surface area contributed by atoms with E-state index in [0.717, 1.165) is 25.9 Å². The summed E-state index contributed by atoms with van der Waals surface area (Å²) in [5.74, 6) is -0.0203. The smallest absolute Gasteiger partial charge is 0.246 e. The van der Waals surface area contributed by atoms with Gasteiger partial charge >= 0.3 is 0 Å². The summed E-state index contributed by atoms with van der Waals surface area (Å²) >= 11 is 0. The number of carbonyl (C=O) groups excluding carboxylic acids is 1. The van der Waals surface area contributed by atoms with Crippen LogP contribution in [0.5, 0.6) is 0 Å². The summed E-state index contributed by atoms with van der Waals surface area (Å²) in [7, 11) is 0. The SMILES string of the molecule is CCNC(=O)CO[C@H]1CCCNC1. The van der Waals surface area contributed by atoms with Gasteiger partial charge in [-0.1, -0.05) is 0 Å². The summed E-state index contributed by atoms with van der Waals surface area (Å²) in [6, 6.07) is 0. The van der Waals surface area contributed by atoms with Crippen LogP contribution in [0, 0.1) is 0 Å². The molecular formula is C9H18N2O2. The van der Waals surface area contributed by atoms with Crippen LogP contribution in [0.4, 0.5) is 0 Å². The Hall–Kier alpha value is -0.610. The van der Waals surface area contributed by atoms with Gasteiger partial charge in [-0.15, -0.1) is 0 Å². The minimum Gasteiger partial charge on any atom is -0.367 e. The van der Waals surface area contributed by atoms with Crippen molar-refractivity contribution in [3.05, 3.63) is 0 Å². The van der Waals surface area contributed by atoms with E-state index in [0.29, 0.717) is 6.54 Å². The number of nitrogens with one attached hydrogen (secondary N) is 2. The van der Waals surface area contributed by atoms with Crippen LogP contribution < -0.4 is 10.6 Å². The maximum Gasteiger partial charge on any atom is 0.246 e. The second-order valence-corrected chi connectivity index (χ2v) is 3.23. The van der Waals surface area contributed by atoms with Crippen molar-refractivity contribution in [2.75, 3.05) is 26.2 Å². The molecule has 1 atom stereocenters. The molecule has 1 heterocycles. The fourth-order valence-electron chi connectivity index (χ4n) is 1.40. The standard InChI is InChI=1S/C9H18N2O2/c1-2-11-9(12)7-13-8-4-3-5-10-6-8/h8,10H,2-7H2,1H3,(H,11,12)/t8-/m0/s1. The molecule has 0 unspecified atom stereocenters. The average molecular weight is 186 g/mol. The Kier molecular flexibility index (Phi) is 4.78. The molecule has 0 aromatic carbocycles. The van der Waals surface area contributed by atoms with Crippen molar-refractivity contribution in [1.82, 2.24) is 10.6 Å². The number of ether oxygens (including phenoxy) is 1. The number of likely N-dealkylation sites (N-methyl/N-ethyl adjacent to an activating group) is 1. The van der Waals surface area contributed by atoms with Crippen LogP contribution >= 0.6 is 0 Å². The highest BCUT2D eigenvalue weighted by Crippen LogP contribution is 2.04. The van der Waals surface area contributed by atoms with E-state index in [-0.39, 0.29) is 18.6 Å². The predicted molar refractivity (Wildman–Crippen MR) is 50.5 cm³/mol. The Balaban J connectivity index is 2.06. The van der Waals surface area contributed by atoms with Gasteiger partial charge < -0.3 is 15.4 Å². The Morgan fingerprint density at radius 1 is 1.69 bits per heavy atom. The van der Waals surface area contributed by atoms with Gasteiger partial charge in [0.1, 0.15) is 6.61 Å². The third-order valence-electron chi connectivity index (χ3n) is 2.08. The van der Waals surface area contributed by atoms with Crippen LogP contribution in [0.15, 0.2) is 0 Å². The first kappa shape index (κ1) is 10.5. The zero-order valence-electron chi connectivity index (χ0n) is 8.14. The summed E-state index contributed by atoms with van der Waals surface area (Å²) < 4.78 is 5.42. The van der Waals surface area contributed by atoms with Crippen LogP contribution in [0.1, 0.15) is 19.8 Å². The van der Waals surface area contributed by atoms with E-state index in [4.69, 9.17) is 4.74 Å². The molecule has 2 N–H and O–H groups in total. The molecule has 1 amide bonds. The summed E-state index contributed by atoms with van der Waals surface area (Å²) in [5, 5.41) is 5.93. The molecule has 1 aliphatic rings. The third kappa shape index (κ3) is 4.24. The van der Waals surface area contributed by atoms with Crippen LogP contribution in [0.3, 0.4) is 0 Å². The van der Waals surface area contributed by atoms with Crippen LogP contribution in [0.2, 0.25) is 0 Å². The van der Waals surface area contributed by atoms with Crippen LogP contribution in [0.25, 0.3) is 0 Å². The molecular weight excluding hydrogens is 168 g/mol. The van der Waals surface area contributed by atoms with E-state index < -0.39 is 0 Å². The minimum absolute atomic E-state index is 0.0203. The Morgan fingerprint density at radius 3 is 3.15 bits per heavy atom. The molecule has 1 aliphatic heterocycles. The van der Waals surface area contributed by atoms with Crippen molar-refractivity contribution in [1.29, 1.82) is 0 Å². The van der Waals surface area contributed by atoms with Gasteiger partial charge in [0.05, 0.1) is 6.10 Å². The molecule has 0 aromatic heterocycles. The van der Waals surface area contributed by atoms with Gasteiger partial charge in [0.2, 0.25) is 5.91 Å². The lowest BCUT2D eigenvalue weighted by Crippen LogP contribution is -2.38. The molecule has 4 nitrogen and oxygen atoms in total. The quantitative estimate of drug-likeness (QED) is 0.644. The van der Waals surface area contributed by atoms with Gasteiger partial charge in [-0.05, 0) is 26.3 Å².